The SMILES string of the molecule is CC(C)C[C@H](NC(=O)[C@H](CCC(N)=O)NC(=O)[C@@H](NC(=O)[C@H](CO)NC(=O)[C@H](Cc1c[nH]cn1)NC(=O)CNC(=O)[C@H](CC(N)=O)NC(=O)[C@H](CC(N)=O)NC(=O)[C@H](CCCNC(=N)N)NC(=O)[C@@H](N)CC(C)C)C(C)C)C(N)=O. The number of nitrogens with two attached hydrogens (primary N) is 6. The Morgan fingerprint density at radius 3 is 1.54 bits per heavy atom. The molecule has 1 rings (SSSR count). The van der Waals surface area contributed by atoms with Crippen LogP contribution in [0.3, 0.4) is 0 Å². The first kappa shape index (κ1) is 69.5. The zero-order chi connectivity index (χ0) is 61.0. The van der Waals surface area contributed by atoms with E-state index < -0.39 is 163 Å². The molecular weight excluding hydrogens is 1050 g/mol. The van der Waals surface area contributed by atoms with E-state index in [4.69, 9.17) is 39.8 Å². The predicted octanol–water partition coefficient (Wildman–Crippen LogP) is -8.22. The number of nitrogens with one attached hydrogen (secondary N) is 12. The molecule has 0 aromatic carbocycles. The second-order valence-electron chi connectivity index (χ2n) is 20.0. The molecule has 0 unspecified atom stereocenters. The number of imidazole rings is 1. The third-order valence-electron chi connectivity index (χ3n) is 11.5. The van der Waals surface area contributed by atoms with Crippen molar-refractivity contribution in [1.82, 2.24) is 63.1 Å². The van der Waals surface area contributed by atoms with E-state index in [9.17, 15) is 67.4 Å². The summed E-state index contributed by atoms with van der Waals surface area (Å²) >= 11 is 0. The molecule has 13 amide bonds. The molecule has 9 atom stereocenters. The van der Waals surface area contributed by atoms with Gasteiger partial charge in [-0.25, -0.2) is 4.98 Å². The average molecular weight is 1140 g/mol. The lowest BCUT2D eigenvalue weighted by Crippen LogP contribution is -2.61. The minimum absolute atomic E-state index is 0.00146. The van der Waals surface area contributed by atoms with Gasteiger partial charge in [-0.3, -0.25) is 67.7 Å². The standard InChI is InChI=1S/C47H81N19O14/c1-21(2)12-25(48)39(73)60-26(8-7-11-56-47(53)54)41(75)64-31(16-35(51)70)44(78)63-30(15-34(50)69)40(74)57-18-36(71)59-29(14-24-17-55-20-58-24)43(77)65-32(19-67)45(79)66-37(23(5)6)46(80)61-27(9-10-33(49)68)42(76)62-28(38(52)72)13-22(3)4/h17,20-23,25-32,37,67H,7-16,18-19,48H2,1-6H3,(H2,49,68)(H2,50,69)(H2,51,70)(H2,52,72)(H,55,58)(H,57,74)(H,59,71)(H,60,73)(H,61,80)(H,62,76)(H,63,78)(H,64,75)(H,65,77)(H,66,79)(H4,53,54,56)/t25-,26-,27-,28-,29-,30-,31-,32-,37-/m0/s1. The Morgan fingerprint density at radius 1 is 0.562 bits per heavy atom. The molecule has 0 fully saturated rings. The summed E-state index contributed by atoms with van der Waals surface area (Å²) in [6, 6.07) is -13.4. The van der Waals surface area contributed by atoms with E-state index in [1.807, 2.05) is 13.8 Å². The van der Waals surface area contributed by atoms with Crippen molar-refractivity contribution in [2.75, 3.05) is 19.7 Å². The highest BCUT2D eigenvalue weighted by Gasteiger charge is 2.36. The maximum atomic E-state index is 13.8. The van der Waals surface area contributed by atoms with Crippen molar-refractivity contribution in [3.63, 3.8) is 0 Å². The lowest BCUT2D eigenvalue weighted by atomic mass is 10.0. The maximum absolute atomic E-state index is 13.8. The highest BCUT2D eigenvalue weighted by Crippen LogP contribution is 2.10. The summed E-state index contributed by atoms with van der Waals surface area (Å²) in [6.45, 7) is 8.34. The molecule has 25 N–H and O–H groups in total. The highest BCUT2D eigenvalue weighted by molar-refractivity contribution is 6.00. The van der Waals surface area contributed by atoms with Crippen molar-refractivity contribution < 1.29 is 67.4 Å². The Balaban J connectivity index is 3.30. The van der Waals surface area contributed by atoms with Crippen LogP contribution in [0.5, 0.6) is 0 Å². The first-order chi connectivity index (χ1) is 37.3. The summed E-state index contributed by atoms with van der Waals surface area (Å²) in [5.74, 6) is -14.3. The van der Waals surface area contributed by atoms with Crippen LogP contribution in [0, 0.1) is 23.2 Å². The molecule has 0 radical (unpaired) electrons. The maximum Gasteiger partial charge on any atom is 0.245 e. The number of primary amides is 4. The number of hydrogen-bond donors (Lipinski definition) is 19. The Kier molecular flexibility index (Phi) is 30.5. The molecule has 1 heterocycles. The normalized spacial score (nSPS) is 14.4. The van der Waals surface area contributed by atoms with Gasteiger partial charge < -0.3 is 97.7 Å². The van der Waals surface area contributed by atoms with Gasteiger partial charge in [0.15, 0.2) is 5.96 Å². The predicted molar refractivity (Wildman–Crippen MR) is 284 cm³/mol. The zero-order valence-corrected chi connectivity index (χ0v) is 45.7. The minimum atomic E-state index is -1.85. The third-order valence-corrected chi connectivity index (χ3v) is 11.5. The van der Waals surface area contributed by atoms with Gasteiger partial charge in [0.25, 0.3) is 0 Å². The van der Waals surface area contributed by atoms with Gasteiger partial charge in [-0.2, -0.15) is 0 Å². The number of amides is 13. The number of guanidine groups is 1. The topological polar surface area (TPSA) is 571 Å². The van der Waals surface area contributed by atoms with Gasteiger partial charge in [-0.1, -0.05) is 41.5 Å². The van der Waals surface area contributed by atoms with Crippen molar-refractivity contribution in [3.05, 3.63) is 18.2 Å². The van der Waals surface area contributed by atoms with Crippen molar-refractivity contribution in [3.8, 4) is 0 Å². The molecule has 0 bridgehead atoms. The second-order valence-corrected chi connectivity index (χ2v) is 20.0. The summed E-state index contributed by atoms with van der Waals surface area (Å²) in [4.78, 5) is 176. The van der Waals surface area contributed by atoms with Crippen LogP contribution < -0.4 is 87.6 Å². The van der Waals surface area contributed by atoms with E-state index in [2.05, 4.69) is 63.1 Å². The number of aliphatic hydroxyl groups is 1. The number of rotatable bonds is 38. The smallest absolute Gasteiger partial charge is 0.245 e. The molecule has 448 valence electrons. The molecule has 0 aliphatic rings. The van der Waals surface area contributed by atoms with Gasteiger partial charge in [0.1, 0.15) is 48.3 Å². The first-order valence-electron chi connectivity index (χ1n) is 25.6. The Labute approximate surface area is 461 Å². The summed E-state index contributed by atoms with van der Waals surface area (Å²) in [5, 5.41) is 41.3. The number of H-pyrrole nitrogens is 1. The number of carbonyl (C=O) groups excluding carboxylic acids is 13. The highest BCUT2D eigenvalue weighted by atomic mass is 16.3. The monoisotopic (exact) mass is 1140 g/mol. The number of aliphatic hydroxyl groups excluding tert-OH is 1. The third kappa shape index (κ3) is 27.2. The molecule has 1 aromatic heterocycles. The zero-order valence-electron chi connectivity index (χ0n) is 45.7. The first-order valence-corrected chi connectivity index (χ1v) is 25.6. The Morgan fingerprint density at radius 2 is 1.05 bits per heavy atom. The van der Waals surface area contributed by atoms with Crippen LogP contribution in [0.2, 0.25) is 0 Å². The lowest BCUT2D eigenvalue weighted by molar-refractivity contribution is -0.136. The molecule has 0 saturated heterocycles. The Hall–Kier alpha value is -8.49. The van der Waals surface area contributed by atoms with Crippen molar-refractivity contribution in [1.29, 1.82) is 5.41 Å². The van der Waals surface area contributed by atoms with Crippen LogP contribution in [0.25, 0.3) is 0 Å². The fourth-order valence-electron chi connectivity index (χ4n) is 7.48. The molecule has 1 aromatic rings. The Bertz CT molecular complexity index is 2330. The van der Waals surface area contributed by atoms with Crippen LogP contribution in [-0.2, 0) is 68.7 Å². The number of nitrogens with zero attached hydrogens (tertiary/aromatic N) is 1. The molecule has 0 saturated carbocycles. The van der Waals surface area contributed by atoms with E-state index in [1.165, 1.54) is 26.4 Å². The number of aromatic amines is 1. The number of aromatic nitrogens is 2. The van der Waals surface area contributed by atoms with Gasteiger partial charge in [-0.15, -0.1) is 0 Å². The van der Waals surface area contributed by atoms with Crippen LogP contribution in [-0.4, -0.2) is 172 Å². The van der Waals surface area contributed by atoms with Crippen LogP contribution in [0.15, 0.2) is 12.5 Å². The fourth-order valence-corrected chi connectivity index (χ4v) is 7.48. The van der Waals surface area contributed by atoms with Gasteiger partial charge >= 0.3 is 0 Å². The van der Waals surface area contributed by atoms with Gasteiger partial charge in [-0.05, 0) is 49.9 Å². The number of hydrogen-bond acceptors (Lipinski definition) is 17. The average Bonchev–Trinajstić information content (AvgIpc) is 3.87. The van der Waals surface area contributed by atoms with Crippen LogP contribution >= 0.6 is 0 Å². The van der Waals surface area contributed by atoms with Gasteiger partial charge in [0.2, 0.25) is 76.8 Å². The largest absolute Gasteiger partial charge is 0.394 e. The minimum Gasteiger partial charge on any atom is -0.394 e. The lowest BCUT2D eigenvalue weighted by Gasteiger charge is -2.28. The van der Waals surface area contributed by atoms with E-state index in [0.29, 0.717) is 0 Å². The van der Waals surface area contributed by atoms with E-state index in [-0.39, 0.29) is 75.0 Å². The van der Waals surface area contributed by atoms with E-state index >= 15 is 0 Å². The molecule has 0 aliphatic carbocycles. The summed E-state index contributed by atoms with van der Waals surface area (Å²) < 4.78 is 0. The molecule has 0 spiro atoms. The molecular formula is C47H81N19O14. The molecule has 80 heavy (non-hydrogen) atoms. The number of carbonyl (C=O) groups is 13. The van der Waals surface area contributed by atoms with E-state index in [0.717, 1.165) is 0 Å². The fraction of sp³-hybridized carbons (Fsp3) is 0.638. The molecule has 33 nitrogen and oxygen atoms in total. The van der Waals surface area contributed by atoms with Crippen molar-refractivity contribution in [2.45, 2.75) is 154 Å². The van der Waals surface area contributed by atoms with Crippen molar-refractivity contribution in [2.24, 2.45) is 52.2 Å². The van der Waals surface area contributed by atoms with Crippen molar-refractivity contribution >= 4 is 82.8 Å². The molecule has 33 heteroatoms. The van der Waals surface area contributed by atoms with Crippen LogP contribution in [0.4, 0.5) is 0 Å². The quantitative estimate of drug-likeness (QED) is 0.0166. The van der Waals surface area contributed by atoms with Gasteiger partial charge in [0, 0.05) is 25.6 Å². The van der Waals surface area contributed by atoms with Crippen LogP contribution in [0.1, 0.15) is 98.6 Å². The summed E-state index contributed by atoms with van der Waals surface area (Å²) in [7, 11) is 0. The second kappa shape index (κ2) is 35.1. The van der Waals surface area contributed by atoms with E-state index in [1.54, 1.807) is 13.8 Å². The summed E-state index contributed by atoms with van der Waals surface area (Å²) in [5.41, 5.74) is 33.0. The summed E-state index contributed by atoms with van der Waals surface area (Å²) in [6.07, 6.45) is 0.323. The molecule has 0 aliphatic heterocycles. The van der Waals surface area contributed by atoms with Gasteiger partial charge in [0.05, 0.1) is 44.1 Å².